The van der Waals surface area contributed by atoms with Gasteiger partial charge >= 0.3 is 0 Å². The molecule has 1 saturated carbocycles. The molecular weight excluding hydrogens is 268 g/mol. The molecule has 0 amide bonds. The van der Waals surface area contributed by atoms with E-state index in [0.717, 1.165) is 12.0 Å². The molecule has 3 rings (SSSR count). The van der Waals surface area contributed by atoms with E-state index in [9.17, 15) is 0 Å². The van der Waals surface area contributed by atoms with Crippen LogP contribution in [0.4, 0.5) is 5.69 Å². The first-order chi connectivity index (χ1) is 10.8. The summed E-state index contributed by atoms with van der Waals surface area (Å²) in [6.45, 7) is 9.41. The van der Waals surface area contributed by atoms with Gasteiger partial charge in [-0.25, -0.2) is 0 Å². The molecule has 1 atom stereocenters. The van der Waals surface area contributed by atoms with Gasteiger partial charge in [-0.1, -0.05) is 43.9 Å². The molecule has 2 fully saturated rings. The van der Waals surface area contributed by atoms with Gasteiger partial charge in [-0.15, -0.1) is 0 Å². The van der Waals surface area contributed by atoms with E-state index in [1.807, 2.05) is 0 Å². The molecule has 122 valence electrons. The van der Waals surface area contributed by atoms with Gasteiger partial charge in [-0.05, 0) is 44.2 Å². The maximum Gasteiger partial charge on any atom is 0.0367 e. The quantitative estimate of drug-likeness (QED) is 0.809. The number of aryl methyl sites for hydroxylation is 1. The van der Waals surface area contributed by atoms with Crippen molar-refractivity contribution in [3.8, 4) is 0 Å². The zero-order valence-electron chi connectivity index (χ0n) is 14.4. The fourth-order valence-corrected chi connectivity index (χ4v) is 4.48. The van der Waals surface area contributed by atoms with E-state index in [2.05, 4.69) is 47.9 Å². The largest absolute Gasteiger partial charge is 0.369 e. The molecule has 1 aromatic rings. The molecule has 0 N–H and O–H groups in total. The highest BCUT2D eigenvalue weighted by Gasteiger charge is 2.29. The minimum Gasteiger partial charge on any atom is -0.369 e. The van der Waals surface area contributed by atoms with Crippen molar-refractivity contribution >= 4 is 5.69 Å². The zero-order valence-corrected chi connectivity index (χ0v) is 14.4. The van der Waals surface area contributed by atoms with E-state index < -0.39 is 0 Å². The maximum atomic E-state index is 2.79. The van der Waals surface area contributed by atoms with E-state index in [4.69, 9.17) is 0 Å². The Labute approximate surface area is 136 Å². The second-order valence-corrected chi connectivity index (χ2v) is 7.23. The SMILES string of the molecule is CCC(C1CCCCC1)N1CCN(c2ccc(C)cc2)CC1. The number of hydrogen-bond acceptors (Lipinski definition) is 2. The minimum absolute atomic E-state index is 0.834. The lowest BCUT2D eigenvalue weighted by atomic mass is 9.82. The van der Waals surface area contributed by atoms with Crippen molar-refractivity contribution in [1.29, 1.82) is 0 Å². The van der Waals surface area contributed by atoms with Crippen LogP contribution in [0.25, 0.3) is 0 Å². The number of piperazine rings is 1. The summed E-state index contributed by atoms with van der Waals surface area (Å²) in [5, 5.41) is 0. The van der Waals surface area contributed by atoms with Crippen LogP contribution in [-0.4, -0.2) is 37.1 Å². The van der Waals surface area contributed by atoms with Crippen LogP contribution in [0, 0.1) is 12.8 Å². The van der Waals surface area contributed by atoms with Gasteiger partial charge in [-0.3, -0.25) is 4.90 Å². The van der Waals surface area contributed by atoms with Crippen LogP contribution in [0.3, 0.4) is 0 Å². The lowest BCUT2D eigenvalue weighted by molar-refractivity contribution is 0.107. The number of hydrogen-bond donors (Lipinski definition) is 0. The Morgan fingerprint density at radius 3 is 2.18 bits per heavy atom. The van der Waals surface area contributed by atoms with Crippen molar-refractivity contribution in [3.05, 3.63) is 29.8 Å². The Bertz CT molecular complexity index is 439. The van der Waals surface area contributed by atoms with Crippen molar-refractivity contribution in [2.24, 2.45) is 5.92 Å². The molecule has 2 nitrogen and oxygen atoms in total. The zero-order chi connectivity index (χ0) is 15.4. The van der Waals surface area contributed by atoms with Gasteiger partial charge in [0, 0.05) is 37.9 Å². The molecule has 22 heavy (non-hydrogen) atoms. The van der Waals surface area contributed by atoms with Crippen LogP contribution in [0.15, 0.2) is 24.3 Å². The Morgan fingerprint density at radius 1 is 0.955 bits per heavy atom. The molecule has 1 saturated heterocycles. The molecule has 0 bridgehead atoms. The Morgan fingerprint density at radius 2 is 1.59 bits per heavy atom. The van der Waals surface area contributed by atoms with Gasteiger partial charge < -0.3 is 4.90 Å². The third-order valence-corrected chi connectivity index (χ3v) is 5.79. The molecule has 1 unspecified atom stereocenters. The topological polar surface area (TPSA) is 6.48 Å². The number of benzene rings is 1. The van der Waals surface area contributed by atoms with Crippen LogP contribution in [0.2, 0.25) is 0 Å². The third-order valence-electron chi connectivity index (χ3n) is 5.79. The van der Waals surface area contributed by atoms with Crippen LogP contribution >= 0.6 is 0 Å². The molecule has 2 heteroatoms. The summed E-state index contributed by atoms with van der Waals surface area (Å²) in [6, 6.07) is 9.87. The second-order valence-electron chi connectivity index (χ2n) is 7.23. The molecule has 2 aliphatic rings. The predicted octanol–water partition coefficient (Wildman–Crippen LogP) is 4.48. The highest BCUT2D eigenvalue weighted by atomic mass is 15.3. The van der Waals surface area contributed by atoms with Crippen molar-refractivity contribution < 1.29 is 0 Å². The standard InChI is InChI=1S/C20H32N2/c1-3-20(18-7-5-4-6-8-18)22-15-13-21(14-16-22)19-11-9-17(2)10-12-19/h9-12,18,20H,3-8,13-16H2,1-2H3. The molecule has 0 aromatic heterocycles. The summed E-state index contributed by atoms with van der Waals surface area (Å²) in [7, 11) is 0. The first-order valence-corrected chi connectivity index (χ1v) is 9.33. The molecule has 1 aromatic carbocycles. The summed E-state index contributed by atoms with van der Waals surface area (Å²) >= 11 is 0. The van der Waals surface area contributed by atoms with Gasteiger partial charge in [0.15, 0.2) is 0 Å². The lowest BCUT2D eigenvalue weighted by Gasteiger charge is -2.43. The first kappa shape index (κ1) is 15.9. The average molecular weight is 300 g/mol. The lowest BCUT2D eigenvalue weighted by Crippen LogP contribution is -2.52. The molecular formula is C20H32N2. The minimum atomic E-state index is 0.834. The predicted molar refractivity (Wildman–Crippen MR) is 95.6 cm³/mol. The fraction of sp³-hybridized carbons (Fsp3) is 0.700. The van der Waals surface area contributed by atoms with Crippen molar-refractivity contribution in [2.75, 3.05) is 31.1 Å². The summed E-state index contributed by atoms with van der Waals surface area (Å²) < 4.78 is 0. The second kappa shape index (κ2) is 7.50. The molecule has 0 radical (unpaired) electrons. The Hall–Kier alpha value is -1.02. The van der Waals surface area contributed by atoms with Gasteiger partial charge in [0.2, 0.25) is 0 Å². The van der Waals surface area contributed by atoms with Gasteiger partial charge in [-0.2, -0.15) is 0 Å². The monoisotopic (exact) mass is 300 g/mol. The van der Waals surface area contributed by atoms with Crippen molar-refractivity contribution in [2.45, 2.75) is 58.4 Å². The van der Waals surface area contributed by atoms with Gasteiger partial charge in [0.25, 0.3) is 0 Å². The summed E-state index contributed by atoms with van der Waals surface area (Å²) in [4.78, 5) is 5.35. The highest BCUT2D eigenvalue weighted by Crippen LogP contribution is 2.31. The van der Waals surface area contributed by atoms with Crippen LogP contribution in [0.5, 0.6) is 0 Å². The molecule has 1 heterocycles. The van der Waals surface area contributed by atoms with Crippen molar-refractivity contribution in [3.63, 3.8) is 0 Å². The van der Waals surface area contributed by atoms with Crippen molar-refractivity contribution in [1.82, 2.24) is 4.90 Å². The number of nitrogens with zero attached hydrogens (tertiary/aromatic N) is 2. The average Bonchev–Trinajstić information content (AvgIpc) is 2.58. The van der Waals surface area contributed by atoms with E-state index in [1.54, 1.807) is 0 Å². The summed E-state index contributed by atoms with van der Waals surface area (Å²) in [6.07, 6.45) is 8.66. The van der Waals surface area contributed by atoms with Gasteiger partial charge in [0.1, 0.15) is 0 Å². The smallest absolute Gasteiger partial charge is 0.0367 e. The Balaban J connectivity index is 1.56. The molecule has 1 aliphatic carbocycles. The highest BCUT2D eigenvalue weighted by molar-refractivity contribution is 5.47. The van der Waals surface area contributed by atoms with E-state index in [0.29, 0.717) is 0 Å². The third kappa shape index (κ3) is 3.65. The van der Waals surface area contributed by atoms with Crippen LogP contribution in [-0.2, 0) is 0 Å². The molecule has 0 spiro atoms. The maximum absolute atomic E-state index is 2.79. The first-order valence-electron chi connectivity index (χ1n) is 9.33. The van der Waals surface area contributed by atoms with Gasteiger partial charge in [0.05, 0.1) is 0 Å². The summed E-state index contributed by atoms with van der Waals surface area (Å²) in [5.41, 5.74) is 2.75. The van der Waals surface area contributed by atoms with Crippen LogP contribution in [0.1, 0.15) is 51.0 Å². The van der Waals surface area contributed by atoms with E-state index in [-0.39, 0.29) is 0 Å². The number of anilines is 1. The summed E-state index contributed by atoms with van der Waals surface area (Å²) in [5.74, 6) is 0.963. The Kier molecular flexibility index (Phi) is 5.41. The van der Waals surface area contributed by atoms with E-state index >= 15 is 0 Å². The number of rotatable bonds is 4. The van der Waals surface area contributed by atoms with E-state index in [1.165, 1.54) is 76.0 Å². The fourth-order valence-electron chi connectivity index (χ4n) is 4.48. The molecule has 1 aliphatic heterocycles. The normalized spacial score (nSPS) is 22.7. The van der Waals surface area contributed by atoms with Crippen LogP contribution < -0.4 is 4.90 Å².